The van der Waals surface area contributed by atoms with Crippen molar-refractivity contribution in [3.8, 4) is 11.4 Å². The highest BCUT2D eigenvalue weighted by atomic mass is 16.4. The molecule has 2 heterocycles. The number of carbonyl (C=O) groups is 1. The molecule has 0 amide bonds. The van der Waals surface area contributed by atoms with E-state index in [2.05, 4.69) is 10.00 Å². The first kappa shape index (κ1) is 15.1. The third-order valence-corrected chi connectivity index (χ3v) is 3.94. The Morgan fingerprint density at radius 3 is 2.26 bits per heavy atom. The summed E-state index contributed by atoms with van der Waals surface area (Å²) in [5, 5.41) is 22.4. The van der Waals surface area contributed by atoms with Crippen LogP contribution < -0.4 is 10.3 Å². The fourth-order valence-corrected chi connectivity index (χ4v) is 2.72. The molecule has 0 atom stereocenters. The molecule has 0 bridgehead atoms. The van der Waals surface area contributed by atoms with Crippen LogP contribution in [0.25, 0.3) is 5.69 Å². The number of aromatic nitrogens is 2. The van der Waals surface area contributed by atoms with E-state index in [1.807, 2.05) is 12.1 Å². The predicted molar refractivity (Wildman–Crippen MR) is 84.5 cm³/mol. The largest absolute Gasteiger partial charge is 0.503 e. The number of aromatic carboxylic acids is 1. The maximum atomic E-state index is 11.5. The third kappa shape index (κ3) is 3.03. The monoisotopic (exact) mass is 315 g/mol. The summed E-state index contributed by atoms with van der Waals surface area (Å²) in [5.74, 6) is -2.11. The van der Waals surface area contributed by atoms with Gasteiger partial charge < -0.3 is 15.1 Å². The maximum absolute atomic E-state index is 11.5. The van der Waals surface area contributed by atoms with Gasteiger partial charge in [-0.2, -0.15) is 5.10 Å². The molecule has 2 N–H and O–H groups in total. The van der Waals surface area contributed by atoms with Gasteiger partial charge in [-0.1, -0.05) is 0 Å². The first-order valence-corrected chi connectivity index (χ1v) is 7.48. The van der Waals surface area contributed by atoms with Gasteiger partial charge in [0.2, 0.25) is 5.69 Å². The van der Waals surface area contributed by atoms with Crippen LogP contribution in [0.2, 0.25) is 0 Å². The number of carboxylic acid groups (broad SMARTS) is 1. The predicted octanol–water partition coefficient (Wildman–Crippen LogP) is 1.63. The second-order valence-electron chi connectivity index (χ2n) is 5.51. The highest BCUT2D eigenvalue weighted by molar-refractivity contribution is 5.85. The molecular formula is C16H17N3O4. The zero-order valence-corrected chi connectivity index (χ0v) is 12.5. The molecule has 0 unspecified atom stereocenters. The van der Waals surface area contributed by atoms with E-state index in [-0.39, 0.29) is 0 Å². The van der Waals surface area contributed by atoms with Gasteiger partial charge in [0.15, 0.2) is 5.75 Å². The number of rotatable bonds is 3. The van der Waals surface area contributed by atoms with Crippen LogP contribution in [0.3, 0.4) is 0 Å². The smallest absolute Gasteiger partial charge is 0.360 e. The number of piperidine rings is 1. The summed E-state index contributed by atoms with van der Waals surface area (Å²) >= 11 is 0. The van der Waals surface area contributed by atoms with E-state index >= 15 is 0 Å². The van der Waals surface area contributed by atoms with Crippen LogP contribution in [-0.2, 0) is 0 Å². The summed E-state index contributed by atoms with van der Waals surface area (Å²) in [6, 6.07) is 7.43. The van der Waals surface area contributed by atoms with Crippen LogP contribution in [0.5, 0.6) is 5.75 Å². The quantitative estimate of drug-likeness (QED) is 0.893. The molecule has 1 aliphatic rings. The van der Waals surface area contributed by atoms with E-state index in [9.17, 15) is 14.7 Å². The van der Waals surface area contributed by atoms with Gasteiger partial charge in [0.05, 0.1) is 11.9 Å². The first-order chi connectivity index (χ1) is 11.1. The van der Waals surface area contributed by atoms with Crippen LogP contribution in [0, 0.1) is 0 Å². The number of carboxylic acids is 1. The van der Waals surface area contributed by atoms with Gasteiger partial charge >= 0.3 is 5.97 Å². The molecule has 7 nitrogen and oxygen atoms in total. The van der Waals surface area contributed by atoms with Crippen LogP contribution in [0.15, 0.2) is 35.3 Å². The Morgan fingerprint density at radius 1 is 1.04 bits per heavy atom. The number of hydrogen-bond acceptors (Lipinski definition) is 5. The summed E-state index contributed by atoms with van der Waals surface area (Å²) in [5.41, 5.74) is -0.0236. The summed E-state index contributed by atoms with van der Waals surface area (Å²) in [7, 11) is 0. The average Bonchev–Trinajstić information content (AvgIpc) is 2.58. The zero-order chi connectivity index (χ0) is 16.4. The Morgan fingerprint density at radius 2 is 1.65 bits per heavy atom. The number of anilines is 1. The third-order valence-electron chi connectivity index (χ3n) is 3.94. The number of nitrogens with zero attached hydrogens (tertiary/aromatic N) is 3. The van der Waals surface area contributed by atoms with Gasteiger partial charge in [-0.25, -0.2) is 9.48 Å². The number of aromatic hydroxyl groups is 1. The molecule has 120 valence electrons. The highest BCUT2D eigenvalue weighted by Crippen LogP contribution is 2.21. The molecule has 1 fully saturated rings. The second-order valence-corrected chi connectivity index (χ2v) is 5.51. The molecule has 0 aliphatic carbocycles. The lowest BCUT2D eigenvalue weighted by Crippen LogP contribution is -2.29. The van der Waals surface area contributed by atoms with Gasteiger partial charge in [0, 0.05) is 18.8 Å². The van der Waals surface area contributed by atoms with Gasteiger partial charge in [0.1, 0.15) is 0 Å². The molecule has 7 heteroatoms. The van der Waals surface area contributed by atoms with Crippen LogP contribution in [-0.4, -0.2) is 39.1 Å². The van der Waals surface area contributed by atoms with E-state index in [0.717, 1.165) is 25.0 Å². The molecule has 2 aromatic rings. The van der Waals surface area contributed by atoms with Gasteiger partial charge in [-0.15, -0.1) is 0 Å². The van der Waals surface area contributed by atoms with E-state index < -0.39 is 22.8 Å². The standard InChI is InChI=1S/C16H17N3O4/c20-13-10-19(17-14(15(13)21)16(22)23)12-6-4-11(5-7-12)18-8-2-1-3-9-18/h4-7,10,20H,1-3,8-9H2,(H,22,23). The highest BCUT2D eigenvalue weighted by Gasteiger charge is 2.16. The fraction of sp³-hybridized carbons (Fsp3) is 0.312. The van der Waals surface area contributed by atoms with Crippen molar-refractivity contribution in [2.75, 3.05) is 18.0 Å². The lowest BCUT2D eigenvalue weighted by molar-refractivity contribution is 0.0686. The molecule has 23 heavy (non-hydrogen) atoms. The molecule has 1 aliphatic heterocycles. The normalized spacial score (nSPS) is 14.7. The Bertz CT molecular complexity index is 777. The Hall–Kier alpha value is -2.83. The molecule has 1 saturated heterocycles. The molecule has 0 radical (unpaired) electrons. The maximum Gasteiger partial charge on any atom is 0.360 e. The minimum atomic E-state index is -1.47. The lowest BCUT2D eigenvalue weighted by atomic mass is 10.1. The second kappa shape index (κ2) is 6.12. The lowest BCUT2D eigenvalue weighted by Gasteiger charge is -2.28. The Kier molecular flexibility index (Phi) is 4.01. The molecular weight excluding hydrogens is 298 g/mol. The van der Waals surface area contributed by atoms with Crippen LogP contribution in [0.4, 0.5) is 5.69 Å². The first-order valence-electron chi connectivity index (χ1n) is 7.48. The van der Waals surface area contributed by atoms with E-state index in [0.29, 0.717) is 5.69 Å². The summed E-state index contributed by atoms with van der Waals surface area (Å²) in [6.07, 6.45) is 4.73. The minimum Gasteiger partial charge on any atom is -0.503 e. The van der Waals surface area contributed by atoms with E-state index in [1.165, 1.54) is 23.9 Å². The van der Waals surface area contributed by atoms with Crippen molar-refractivity contribution in [3.05, 3.63) is 46.4 Å². The van der Waals surface area contributed by atoms with Crippen molar-refractivity contribution in [1.82, 2.24) is 9.78 Å². The Labute approximate surface area is 132 Å². The van der Waals surface area contributed by atoms with Gasteiger partial charge in [-0.05, 0) is 43.5 Å². The van der Waals surface area contributed by atoms with Crippen LogP contribution in [0.1, 0.15) is 29.8 Å². The summed E-state index contributed by atoms with van der Waals surface area (Å²) in [6.45, 7) is 2.05. The number of hydrogen-bond donors (Lipinski definition) is 2. The van der Waals surface area contributed by atoms with Gasteiger partial charge in [0.25, 0.3) is 5.43 Å². The molecule has 3 rings (SSSR count). The fourth-order valence-electron chi connectivity index (χ4n) is 2.72. The summed E-state index contributed by atoms with van der Waals surface area (Å²) in [4.78, 5) is 24.9. The SMILES string of the molecule is O=C(O)c1nn(-c2ccc(N3CCCCC3)cc2)cc(O)c1=O. The molecule has 1 aromatic heterocycles. The minimum absolute atomic E-state index is 0.573. The van der Waals surface area contributed by atoms with Crippen molar-refractivity contribution in [3.63, 3.8) is 0 Å². The van der Waals surface area contributed by atoms with E-state index in [1.54, 1.807) is 12.1 Å². The van der Waals surface area contributed by atoms with Crippen LogP contribution >= 0.6 is 0 Å². The average molecular weight is 315 g/mol. The topological polar surface area (TPSA) is 95.7 Å². The van der Waals surface area contributed by atoms with Crippen molar-refractivity contribution in [2.45, 2.75) is 19.3 Å². The zero-order valence-electron chi connectivity index (χ0n) is 12.5. The van der Waals surface area contributed by atoms with Crippen molar-refractivity contribution >= 4 is 11.7 Å². The van der Waals surface area contributed by atoms with Crippen molar-refractivity contribution < 1.29 is 15.0 Å². The Balaban J connectivity index is 1.93. The van der Waals surface area contributed by atoms with Crippen molar-refractivity contribution in [2.24, 2.45) is 0 Å². The van der Waals surface area contributed by atoms with E-state index in [4.69, 9.17) is 5.11 Å². The van der Waals surface area contributed by atoms with Gasteiger partial charge in [-0.3, -0.25) is 4.79 Å². The molecule has 0 saturated carbocycles. The molecule has 1 aromatic carbocycles. The van der Waals surface area contributed by atoms with Crippen molar-refractivity contribution in [1.29, 1.82) is 0 Å². The molecule has 0 spiro atoms. The number of benzene rings is 1. The summed E-state index contributed by atoms with van der Waals surface area (Å²) < 4.78 is 1.19.